The van der Waals surface area contributed by atoms with Gasteiger partial charge in [0.25, 0.3) is 0 Å². The van der Waals surface area contributed by atoms with Crippen LogP contribution >= 0.6 is 0 Å². The van der Waals surface area contributed by atoms with Gasteiger partial charge in [-0.25, -0.2) is 4.79 Å². The summed E-state index contributed by atoms with van der Waals surface area (Å²) in [6.07, 6.45) is 8.69. The lowest BCUT2D eigenvalue weighted by molar-refractivity contribution is -0.149. The minimum absolute atomic E-state index is 0.0430. The summed E-state index contributed by atoms with van der Waals surface area (Å²) in [5.74, 6) is -0.348. The summed E-state index contributed by atoms with van der Waals surface area (Å²) < 4.78 is 10.2. The van der Waals surface area contributed by atoms with Gasteiger partial charge in [0.1, 0.15) is 0 Å². The third-order valence-electron chi connectivity index (χ3n) is 3.30. The molecule has 0 aromatic heterocycles. The molecule has 0 aliphatic carbocycles. The van der Waals surface area contributed by atoms with Gasteiger partial charge in [0.05, 0.1) is 19.1 Å². The quantitative estimate of drug-likeness (QED) is 0.292. The van der Waals surface area contributed by atoms with E-state index in [0.29, 0.717) is 13.2 Å². The maximum absolute atomic E-state index is 11.9. The molecule has 0 saturated heterocycles. The Morgan fingerprint density at radius 3 is 1.95 bits per heavy atom. The van der Waals surface area contributed by atoms with Crippen LogP contribution in [-0.2, 0) is 19.1 Å². The molecule has 122 valence electrons. The van der Waals surface area contributed by atoms with Crippen molar-refractivity contribution in [2.45, 2.75) is 65.2 Å². The van der Waals surface area contributed by atoms with Crippen molar-refractivity contribution in [3.05, 3.63) is 12.7 Å². The van der Waals surface area contributed by atoms with Gasteiger partial charge in [0.15, 0.2) is 0 Å². The molecule has 0 fully saturated rings. The first-order valence-electron chi connectivity index (χ1n) is 8.11. The zero-order valence-corrected chi connectivity index (χ0v) is 13.6. The van der Waals surface area contributed by atoms with Crippen LogP contribution in [0.2, 0.25) is 0 Å². The fourth-order valence-electron chi connectivity index (χ4n) is 2.16. The Labute approximate surface area is 128 Å². The van der Waals surface area contributed by atoms with Crippen LogP contribution in [0.1, 0.15) is 65.2 Å². The Kier molecular flexibility index (Phi) is 12.8. The molecule has 0 aromatic carbocycles. The summed E-state index contributed by atoms with van der Waals surface area (Å²) >= 11 is 0. The van der Waals surface area contributed by atoms with Crippen LogP contribution < -0.4 is 0 Å². The molecule has 0 aliphatic rings. The van der Waals surface area contributed by atoms with E-state index < -0.39 is 0 Å². The minimum Gasteiger partial charge on any atom is -0.465 e. The van der Waals surface area contributed by atoms with E-state index in [-0.39, 0.29) is 17.9 Å². The average Bonchev–Trinajstić information content (AvgIpc) is 2.49. The molecule has 0 aliphatic heterocycles. The second-order valence-corrected chi connectivity index (χ2v) is 5.23. The molecule has 21 heavy (non-hydrogen) atoms. The normalized spacial score (nSPS) is 10.4. The van der Waals surface area contributed by atoms with E-state index >= 15 is 0 Å². The Morgan fingerprint density at radius 1 is 0.952 bits per heavy atom. The Hall–Kier alpha value is -1.32. The molecule has 4 nitrogen and oxygen atoms in total. The smallest absolute Gasteiger partial charge is 0.330 e. The Bertz CT molecular complexity index is 293. The molecule has 0 radical (unpaired) electrons. The van der Waals surface area contributed by atoms with Gasteiger partial charge in [-0.1, -0.05) is 33.3 Å². The highest BCUT2D eigenvalue weighted by molar-refractivity contribution is 5.81. The fourth-order valence-corrected chi connectivity index (χ4v) is 2.16. The van der Waals surface area contributed by atoms with Crippen molar-refractivity contribution >= 4 is 11.9 Å². The highest BCUT2D eigenvalue weighted by atomic mass is 16.5. The van der Waals surface area contributed by atoms with Crippen LogP contribution in [0.3, 0.4) is 0 Å². The van der Waals surface area contributed by atoms with Gasteiger partial charge in [-0.2, -0.15) is 0 Å². The van der Waals surface area contributed by atoms with E-state index in [1.165, 1.54) is 6.08 Å². The first-order valence-corrected chi connectivity index (χ1v) is 8.11. The molecule has 0 spiro atoms. The van der Waals surface area contributed by atoms with E-state index in [4.69, 9.17) is 9.47 Å². The molecule has 0 saturated carbocycles. The van der Waals surface area contributed by atoms with Crippen LogP contribution in [-0.4, -0.2) is 25.2 Å². The van der Waals surface area contributed by atoms with Gasteiger partial charge < -0.3 is 9.47 Å². The Balaban J connectivity index is 3.54. The van der Waals surface area contributed by atoms with Crippen molar-refractivity contribution in [2.75, 3.05) is 13.2 Å². The van der Waals surface area contributed by atoms with E-state index in [2.05, 4.69) is 20.4 Å². The largest absolute Gasteiger partial charge is 0.465 e. The predicted molar refractivity (Wildman–Crippen MR) is 83.9 cm³/mol. The number of hydrogen-bond acceptors (Lipinski definition) is 4. The first kappa shape index (κ1) is 19.7. The van der Waals surface area contributed by atoms with Crippen LogP contribution in [0.5, 0.6) is 0 Å². The molecule has 0 amide bonds. The van der Waals surface area contributed by atoms with Gasteiger partial charge in [0.2, 0.25) is 0 Å². The SMILES string of the molecule is C=CC(=O)OCCCCCCOC(=O)C(CCC)CCC. The maximum atomic E-state index is 11.9. The molecule has 0 bridgehead atoms. The van der Waals surface area contributed by atoms with Crippen molar-refractivity contribution in [1.82, 2.24) is 0 Å². The lowest BCUT2D eigenvalue weighted by atomic mass is 9.99. The van der Waals surface area contributed by atoms with Gasteiger partial charge in [0, 0.05) is 6.08 Å². The van der Waals surface area contributed by atoms with Gasteiger partial charge >= 0.3 is 11.9 Å². The second-order valence-electron chi connectivity index (χ2n) is 5.23. The topological polar surface area (TPSA) is 52.6 Å². The third kappa shape index (κ3) is 11.1. The minimum atomic E-state index is -0.373. The van der Waals surface area contributed by atoms with E-state index in [1.807, 2.05) is 0 Å². The maximum Gasteiger partial charge on any atom is 0.330 e. The van der Waals surface area contributed by atoms with Gasteiger partial charge in [-0.05, 0) is 38.5 Å². The zero-order chi connectivity index (χ0) is 15.9. The van der Waals surface area contributed by atoms with E-state index in [0.717, 1.165) is 51.4 Å². The second kappa shape index (κ2) is 13.7. The van der Waals surface area contributed by atoms with Gasteiger partial charge in [-0.15, -0.1) is 0 Å². The molecule has 0 unspecified atom stereocenters. The number of ether oxygens (including phenoxy) is 2. The lowest BCUT2D eigenvalue weighted by Gasteiger charge is -2.14. The summed E-state index contributed by atoms with van der Waals surface area (Å²) in [6.45, 7) is 8.44. The molecule has 0 N–H and O–H groups in total. The van der Waals surface area contributed by atoms with Crippen LogP contribution in [0.15, 0.2) is 12.7 Å². The standard InChI is InChI=1S/C17H30O4/c1-4-11-15(12-5-2)17(19)21-14-10-8-7-9-13-20-16(18)6-3/h6,15H,3-5,7-14H2,1-2H3. The summed E-state index contributed by atoms with van der Waals surface area (Å²) in [5.41, 5.74) is 0. The van der Waals surface area contributed by atoms with E-state index in [1.54, 1.807) is 0 Å². The molecular formula is C17H30O4. The number of unbranched alkanes of at least 4 members (excludes halogenated alkanes) is 3. The lowest BCUT2D eigenvalue weighted by Crippen LogP contribution is -2.18. The van der Waals surface area contributed by atoms with Crippen molar-refractivity contribution < 1.29 is 19.1 Å². The number of hydrogen-bond donors (Lipinski definition) is 0. The monoisotopic (exact) mass is 298 g/mol. The van der Waals surface area contributed by atoms with Crippen LogP contribution in [0.25, 0.3) is 0 Å². The number of carbonyl (C=O) groups is 2. The van der Waals surface area contributed by atoms with Gasteiger partial charge in [-0.3, -0.25) is 4.79 Å². The molecule has 4 heteroatoms. The summed E-state index contributed by atoms with van der Waals surface area (Å²) in [4.78, 5) is 22.7. The van der Waals surface area contributed by atoms with Crippen molar-refractivity contribution in [2.24, 2.45) is 5.92 Å². The highest BCUT2D eigenvalue weighted by Gasteiger charge is 2.17. The van der Waals surface area contributed by atoms with E-state index in [9.17, 15) is 9.59 Å². The summed E-state index contributed by atoms with van der Waals surface area (Å²) in [5, 5.41) is 0. The number of rotatable bonds is 13. The van der Waals surface area contributed by atoms with Crippen LogP contribution in [0.4, 0.5) is 0 Å². The zero-order valence-electron chi connectivity index (χ0n) is 13.6. The predicted octanol–water partition coefficient (Wildman–Crippen LogP) is 4.04. The van der Waals surface area contributed by atoms with Crippen LogP contribution in [0, 0.1) is 5.92 Å². The molecule has 0 aromatic rings. The van der Waals surface area contributed by atoms with Crippen molar-refractivity contribution in [3.8, 4) is 0 Å². The van der Waals surface area contributed by atoms with Crippen molar-refractivity contribution in [1.29, 1.82) is 0 Å². The molecular weight excluding hydrogens is 268 g/mol. The highest BCUT2D eigenvalue weighted by Crippen LogP contribution is 2.15. The van der Waals surface area contributed by atoms with Crippen molar-refractivity contribution in [3.63, 3.8) is 0 Å². The number of carbonyl (C=O) groups excluding carboxylic acids is 2. The molecule has 0 heterocycles. The summed E-state index contributed by atoms with van der Waals surface area (Å²) in [7, 11) is 0. The fraction of sp³-hybridized carbons (Fsp3) is 0.765. The first-order chi connectivity index (χ1) is 10.2. The third-order valence-corrected chi connectivity index (χ3v) is 3.30. The molecule has 0 atom stereocenters. The summed E-state index contributed by atoms with van der Waals surface area (Å²) in [6, 6.07) is 0. The molecule has 0 rings (SSSR count). The number of esters is 2. The average molecular weight is 298 g/mol. The Morgan fingerprint density at radius 2 is 1.48 bits per heavy atom.